The highest BCUT2D eigenvalue weighted by Gasteiger charge is 2.34. The number of anilines is 1. The molecule has 0 bridgehead atoms. The lowest BCUT2D eigenvalue weighted by Gasteiger charge is -2.22. The monoisotopic (exact) mass is 327 g/mol. The lowest BCUT2D eigenvalue weighted by Crippen LogP contribution is -2.23. The molecule has 1 amide bonds. The van der Waals surface area contributed by atoms with Gasteiger partial charge in [-0.15, -0.1) is 0 Å². The van der Waals surface area contributed by atoms with Crippen LogP contribution >= 0.6 is 0 Å². The number of hydrogen-bond acceptors (Lipinski definition) is 2. The van der Waals surface area contributed by atoms with Crippen LogP contribution in [0.15, 0.2) is 47.6 Å². The highest BCUT2D eigenvalue weighted by atomic mass is 16.4. The van der Waals surface area contributed by atoms with E-state index in [1.165, 1.54) is 0 Å². The number of carbonyl (C=O) groups excluding carboxylic acids is 1. The molecule has 2 N–H and O–H groups in total. The van der Waals surface area contributed by atoms with Crippen LogP contribution in [0.4, 0.5) is 5.69 Å². The second kappa shape index (κ2) is 7.47. The highest BCUT2D eigenvalue weighted by Crippen LogP contribution is 2.39. The minimum Gasteiger partial charge on any atom is -0.481 e. The quantitative estimate of drug-likeness (QED) is 0.797. The molecule has 1 aliphatic carbocycles. The first-order valence-electron chi connectivity index (χ1n) is 8.24. The van der Waals surface area contributed by atoms with Gasteiger partial charge in [-0.05, 0) is 32.9 Å². The van der Waals surface area contributed by atoms with Crippen molar-refractivity contribution < 1.29 is 14.7 Å². The minimum atomic E-state index is -0.812. The van der Waals surface area contributed by atoms with E-state index in [2.05, 4.69) is 5.32 Å². The maximum absolute atomic E-state index is 12.3. The Morgan fingerprint density at radius 1 is 1.17 bits per heavy atom. The van der Waals surface area contributed by atoms with E-state index in [-0.39, 0.29) is 17.7 Å². The molecule has 2 rings (SSSR count). The smallest absolute Gasteiger partial charge is 0.307 e. The van der Waals surface area contributed by atoms with E-state index in [0.29, 0.717) is 6.42 Å². The first-order valence-corrected chi connectivity index (χ1v) is 8.24. The highest BCUT2D eigenvalue weighted by molar-refractivity contribution is 5.91. The van der Waals surface area contributed by atoms with Crippen molar-refractivity contribution in [3.8, 4) is 0 Å². The number of amides is 1. The van der Waals surface area contributed by atoms with Gasteiger partial charge in [0, 0.05) is 23.9 Å². The molecule has 0 spiro atoms. The molecule has 0 saturated carbocycles. The van der Waals surface area contributed by atoms with Crippen LogP contribution < -0.4 is 5.32 Å². The van der Waals surface area contributed by atoms with E-state index in [4.69, 9.17) is 0 Å². The molecule has 0 heterocycles. The van der Waals surface area contributed by atoms with Gasteiger partial charge in [0.15, 0.2) is 0 Å². The minimum absolute atomic E-state index is 0.0350. The molecule has 1 aromatic rings. The van der Waals surface area contributed by atoms with Crippen molar-refractivity contribution in [1.82, 2.24) is 0 Å². The molecule has 0 fully saturated rings. The second-order valence-electron chi connectivity index (χ2n) is 6.72. The largest absolute Gasteiger partial charge is 0.481 e. The van der Waals surface area contributed by atoms with Crippen LogP contribution in [0.3, 0.4) is 0 Å². The number of carbonyl (C=O) groups is 2. The number of carboxylic acids is 1. The lowest BCUT2D eigenvalue weighted by molar-refractivity contribution is -0.141. The van der Waals surface area contributed by atoms with Crippen LogP contribution in [-0.4, -0.2) is 17.0 Å². The fourth-order valence-corrected chi connectivity index (χ4v) is 3.23. The Morgan fingerprint density at radius 2 is 1.79 bits per heavy atom. The molecular formula is C20H25NO3. The summed E-state index contributed by atoms with van der Waals surface area (Å²) in [5, 5.41) is 12.2. The summed E-state index contributed by atoms with van der Waals surface area (Å²) < 4.78 is 0. The van der Waals surface area contributed by atoms with Gasteiger partial charge in [0.05, 0.1) is 5.92 Å². The van der Waals surface area contributed by atoms with Gasteiger partial charge in [0.1, 0.15) is 0 Å². The Labute approximate surface area is 143 Å². The van der Waals surface area contributed by atoms with Crippen LogP contribution in [0.2, 0.25) is 0 Å². The predicted octanol–water partition coefficient (Wildman–Crippen LogP) is 4.18. The van der Waals surface area contributed by atoms with E-state index in [0.717, 1.165) is 22.4 Å². The van der Waals surface area contributed by atoms with E-state index >= 15 is 0 Å². The number of hydrogen-bond donors (Lipinski definition) is 2. The summed E-state index contributed by atoms with van der Waals surface area (Å²) in [6.07, 6.45) is 4.24. The number of benzene rings is 1. The SMILES string of the molecule is CC(C)=C1C(CC(=O)Nc2ccc(C)cc2)C=CC1C(C)C(=O)O. The molecule has 3 unspecified atom stereocenters. The maximum Gasteiger partial charge on any atom is 0.307 e. The average Bonchev–Trinajstić information content (AvgIpc) is 2.92. The fraction of sp³-hybridized carbons (Fsp3) is 0.400. The van der Waals surface area contributed by atoms with Crippen molar-refractivity contribution >= 4 is 17.6 Å². The van der Waals surface area contributed by atoms with Crippen molar-refractivity contribution in [2.45, 2.75) is 34.1 Å². The standard InChI is InChI=1S/C20H25NO3/c1-12(2)19-15(7-10-17(19)14(4)20(23)24)11-18(22)21-16-8-5-13(3)6-9-16/h5-10,14-15,17H,11H2,1-4H3,(H,21,22)(H,23,24). The van der Waals surface area contributed by atoms with Gasteiger partial charge < -0.3 is 10.4 Å². The first kappa shape index (κ1) is 18.0. The number of allylic oxidation sites excluding steroid dienone is 4. The number of carboxylic acid groups (broad SMARTS) is 1. The van der Waals surface area contributed by atoms with Gasteiger partial charge in [0.2, 0.25) is 5.91 Å². The average molecular weight is 327 g/mol. The summed E-state index contributed by atoms with van der Waals surface area (Å²) >= 11 is 0. The van der Waals surface area contributed by atoms with Crippen LogP contribution in [0.1, 0.15) is 32.8 Å². The predicted molar refractivity (Wildman–Crippen MR) is 95.7 cm³/mol. The van der Waals surface area contributed by atoms with Crippen molar-refractivity contribution in [3.63, 3.8) is 0 Å². The number of aliphatic carboxylic acids is 1. The van der Waals surface area contributed by atoms with Gasteiger partial charge >= 0.3 is 5.97 Å². The summed E-state index contributed by atoms with van der Waals surface area (Å²) in [6, 6.07) is 7.68. The molecule has 4 heteroatoms. The van der Waals surface area contributed by atoms with Crippen LogP contribution in [-0.2, 0) is 9.59 Å². The first-order chi connectivity index (χ1) is 11.3. The zero-order chi connectivity index (χ0) is 17.9. The van der Waals surface area contributed by atoms with Crippen LogP contribution in [0.25, 0.3) is 0 Å². The second-order valence-corrected chi connectivity index (χ2v) is 6.72. The molecule has 1 aromatic carbocycles. The Kier molecular flexibility index (Phi) is 5.60. The summed E-state index contributed by atoms with van der Waals surface area (Å²) in [5.74, 6) is -1.53. The van der Waals surface area contributed by atoms with E-state index in [1.54, 1.807) is 6.92 Å². The molecule has 24 heavy (non-hydrogen) atoms. The Morgan fingerprint density at radius 3 is 2.33 bits per heavy atom. The molecule has 0 saturated heterocycles. The third kappa shape index (κ3) is 4.13. The molecule has 1 aliphatic rings. The maximum atomic E-state index is 12.3. The van der Waals surface area contributed by atoms with E-state index < -0.39 is 11.9 Å². The van der Waals surface area contributed by atoms with Gasteiger partial charge in [-0.3, -0.25) is 9.59 Å². The van der Waals surface area contributed by atoms with Crippen molar-refractivity contribution in [3.05, 3.63) is 53.1 Å². The molecule has 4 nitrogen and oxygen atoms in total. The summed E-state index contributed by atoms with van der Waals surface area (Å²) in [7, 11) is 0. The van der Waals surface area contributed by atoms with Crippen molar-refractivity contribution in [2.75, 3.05) is 5.32 Å². The zero-order valence-corrected chi connectivity index (χ0v) is 14.7. The topological polar surface area (TPSA) is 66.4 Å². The van der Waals surface area contributed by atoms with Gasteiger partial charge in [0.25, 0.3) is 0 Å². The normalized spacial score (nSPS) is 20.8. The third-order valence-corrected chi connectivity index (χ3v) is 4.56. The van der Waals surface area contributed by atoms with E-state index in [9.17, 15) is 14.7 Å². The molecule has 3 atom stereocenters. The molecule has 0 aromatic heterocycles. The molecular weight excluding hydrogens is 302 g/mol. The number of rotatable bonds is 5. The third-order valence-electron chi connectivity index (χ3n) is 4.56. The van der Waals surface area contributed by atoms with Crippen molar-refractivity contribution in [1.29, 1.82) is 0 Å². The Balaban J connectivity index is 2.07. The number of aryl methyl sites for hydroxylation is 1. The summed E-state index contributed by atoms with van der Waals surface area (Å²) in [6.45, 7) is 7.68. The molecule has 0 aliphatic heterocycles. The van der Waals surface area contributed by atoms with Crippen LogP contribution in [0, 0.1) is 24.7 Å². The fourth-order valence-electron chi connectivity index (χ4n) is 3.23. The van der Waals surface area contributed by atoms with Crippen LogP contribution in [0.5, 0.6) is 0 Å². The van der Waals surface area contributed by atoms with Crippen molar-refractivity contribution in [2.24, 2.45) is 17.8 Å². The van der Waals surface area contributed by atoms with Gasteiger partial charge in [-0.2, -0.15) is 0 Å². The zero-order valence-electron chi connectivity index (χ0n) is 14.7. The Hall–Kier alpha value is -2.36. The summed E-state index contributed by atoms with van der Waals surface area (Å²) in [4.78, 5) is 23.7. The lowest BCUT2D eigenvalue weighted by atomic mass is 9.82. The van der Waals surface area contributed by atoms with Gasteiger partial charge in [-0.25, -0.2) is 0 Å². The number of nitrogens with one attached hydrogen (secondary N) is 1. The van der Waals surface area contributed by atoms with Gasteiger partial charge in [-0.1, -0.05) is 47.9 Å². The molecule has 128 valence electrons. The summed E-state index contributed by atoms with van der Waals surface area (Å²) in [5.41, 5.74) is 4.07. The molecule has 0 radical (unpaired) electrons. The Bertz CT molecular complexity index is 681. The van der Waals surface area contributed by atoms with E-state index in [1.807, 2.05) is 57.2 Å².